The zero-order valence-electron chi connectivity index (χ0n) is 29.8. The lowest BCUT2D eigenvalue weighted by Gasteiger charge is -2.41. The fourth-order valence-electron chi connectivity index (χ4n) is 5.83. The molecule has 0 aliphatic carbocycles. The molecule has 0 saturated carbocycles. The molecule has 1 aliphatic rings. The standard InChI is InChI=1S/C35H67N4O6/c1-8-9-10-11-12-13-14-15-16-17-24-30(40)38-26-21-19-22-28(38)27-39(32(42)44-34(2,3)4,33(43)45-35(5,6)7)31(41)29(37)23-18-20-25-36/h28-29H,8-27,36-37H2,1-7H3/q+1. The highest BCUT2D eigenvalue weighted by atomic mass is 16.6. The number of quaternary nitrogens is 1. The molecule has 0 aromatic carbocycles. The van der Waals surface area contributed by atoms with Gasteiger partial charge in [0.2, 0.25) is 5.91 Å². The third-order valence-electron chi connectivity index (χ3n) is 8.25. The number of nitrogens with zero attached hydrogens (tertiary/aromatic N) is 2. The third kappa shape index (κ3) is 14.9. The number of hydrogen-bond acceptors (Lipinski definition) is 8. The number of amides is 4. The smallest absolute Gasteiger partial charge is 0.414 e. The second-order valence-corrected chi connectivity index (χ2v) is 14.9. The lowest BCUT2D eigenvalue weighted by molar-refractivity contribution is -0.716. The first kappa shape index (κ1) is 41.0. The van der Waals surface area contributed by atoms with Gasteiger partial charge < -0.3 is 25.8 Å². The fourth-order valence-corrected chi connectivity index (χ4v) is 5.83. The van der Waals surface area contributed by atoms with Crippen molar-refractivity contribution >= 4 is 24.0 Å². The Morgan fingerprint density at radius 3 is 1.78 bits per heavy atom. The number of piperidine rings is 1. The molecule has 4 N–H and O–H groups in total. The van der Waals surface area contributed by atoms with Crippen LogP contribution < -0.4 is 11.5 Å². The number of hydrogen-bond donors (Lipinski definition) is 2. The van der Waals surface area contributed by atoms with E-state index in [0.29, 0.717) is 38.8 Å². The van der Waals surface area contributed by atoms with E-state index >= 15 is 0 Å². The Kier molecular flexibility index (Phi) is 18.4. The summed E-state index contributed by atoms with van der Waals surface area (Å²) in [6, 6.07) is -1.63. The molecule has 0 bridgehead atoms. The van der Waals surface area contributed by atoms with Gasteiger partial charge in [0.05, 0.1) is 6.04 Å². The van der Waals surface area contributed by atoms with Crippen LogP contribution in [-0.2, 0) is 19.1 Å². The highest BCUT2D eigenvalue weighted by molar-refractivity contribution is 5.95. The highest BCUT2D eigenvalue weighted by Gasteiger charge is 2.60. The van der Waals surface area contributed by atoms with Crippen molar-refractivity contribution in [3.63, 3.8) is 0 Å². The minimum absolute atomic E-state index is 0.00886. The van der Waals surface area contributed by atoms with Crippen LogP contribution in [-0.4, -0.2) is 76.3 Å². The molecule has 0 aromatic heterocycles. The van der Waals surface area contributed by atoms with Crippen LogP contribution in [0.4, 0.5) is 9.59 Å². The van der Waals surface area contributed by atoms with Crippen molar-refractivity contribution in [2.45, 2.75) is 181 Å². The van der Waals surface area contributed by atoms with Gasteiger partial charge in [0.15, 0.2) is 0 Å². The Bertz CT molecular complexity index is 883. The van der Waals surface area contributed by atoms with Crippen molar-refractivity contribution in [3.8, 4) is 0 Å². The number of unbranched alkanes of at least 4 members (excludes halogenated alkanes) is 10. The van der Waals surface area contributed by atoms with E-state index in [1.165, 1.54) is 44.9 Å². The number of likely N-dealkylation sites (tertiary alicyclic amines) is 1. The average Bonchev–Trinajstić information content (AvgIpc) is 2.94. The van der Waals surface area contributed by atoms with Gasteiger partial charge in [-0.25, -0.2) is 4.79 Å². The van der Waals surface area contributed by atoms with Crippen molar-refractivity contribution in [2.24, 2.45) is 11.5 Å². The van der Waals surface area contributed by atoms with E-state index in [2.05, 4.69) is 6.92 Å². The van der Waals surface area contributed by atoms with Crippen LogP contribution in [0.3, 0.4) is 0 Å². The van der Waals surface area contributed by atoms with Crippen LogP contribution >= 0.6 is 0 Å². The molecule has 262 valence electrons. The SMILES string of the molecule is CCCCCCCCCCCCC(=O)N1CCCCC1C[N+](C(=O)OC(C)(C)C)(C(=O)OC(C)(C)C)C(=O)C(N)CCCCN. The largest absolute Gasteiger partial charge is 0.535 e. The van der Waals surface area contributed by atoms with E-state index in [9.17, 15) is 19.2 Å². The van der Waals surface area contributed by atoms with Crippen molar-refractivity contribution in [3.05, 3.63) is 0 Å². The maximum atomic E-state index is 14.2. The van der Waals surface area contributed by atoms with Crippen molar-refractivity contribution in [2.75, 3.05) is 19.6 Å². The molecule has 0 radical (unpaired) electrons. The number of carbonyl (C=O) groups is 4. The normalized spacial score (nSPS) is 16.7. The number of rotatable bonds is 18. The molecular formula is C35H67N4O6+. The summed E-state index contributed by atoms with van der Waals surface area (Å²) in [6.07, 6.45) is 13.8. The first-order chi connectivity index (χ1) is 21.1. The quantitative estimate of drug-likeness (QED) is 0.117. The van der Waals surface area contributed by atoms with E-state index in [0.717, 1.165) is 32.1 Å². The summed E-state index contributed by atoms with van der Waals surface area (Å²) in [7, 11) is 0. The molecule has 1 fully saturated rings. The molecule has 4 amide bonds. The first-order valence-corrected chi connectivity index (χ1v) is 17.7. The van der Waals surface area contributed by atoms with Crippen LogP contribution in [0.5, 0.6) is 0 Å². The molecule has 0 aromatic rings. The summed E-state index contributed by atoms with van der Waals surface area (Å²) in [5.74, 6) is -0.784. The Balaban J connectivity index is 3.20. The van der Waals surface area contributed by atoms with Crippen molar-refractivity contribution in [1.29, 1.82) is 0 Å². The molecular weight excluding hydrogens is 572 g/mol. The molecule has 1 rings (SSSR count). The summed E-state index contributed by atoms with van der Waals surface area (Å²) >= 11 is 0. The molecule has 0 spiro atoms. The van der Waals surface area contributed by atoms with Crippen LogP contribution in [0.2, 0.25) is 0 Å². The molecule has 1 heterocycles. The highest BCUT2D eigenvalue weighted by Crippen LogP contribution is 2.29. The summed E-state index contributed by atoms with van der Waals surface area (Å²) in [4.78, 5) is 57.7. The van der Waals surface area contributed by atoms with Crippen LogP contribution in [0, 0.1) is 0 Å². The van der Waals surface area contributed by atoms with E-state index in [1.54, 1.807) is 46.4 Å². The minimum Gasteiger partial charge on any atom is -0.414 e. The number of carbonyl (C=O) groups excluding carboxylic acids is 4. The lowest BCUT2D eigenvalue weighted by atomic mass is 9.98. The predicted octanol–water partition coefficient (Wildman–Crippen LogP) is 7.35. The molecule has 10 heteroatoms. The van der Waals surface area contributed by atoms with Gasteiger partial charge in [-0.2, -0.15) is 9.59 Å². The third-order valence-corrected chi connectivity index (χ3v) is 8.25. The summed E-state index contributed by atoms with van der Waals surface area (Å²) in [5.41, 5.74) is 10.1. The maximum absolute atomic E-state index is 14.2. The van der Waals surface area contributed by atoms with Gasteiger partial charge in [-0.1, -0.05) is 69.2 Å². The van der Waals surface area contributed by atoms with E-state index in [-0.39, 0.29) is 18.9 Å². The van der Waals surface area contributed by atoms with E-state index in [1.807, 2.05) is 0 Å². The average molecular weight is 640 g/mol. The lowest BCUT2D eigenvalue weighted by Crippen LogP contribution is -2.70. The van der Waals surface area contributed by atoms with Crippen molar-refractivity contribution < 1.29 is 33.1 Å². The second-order valence-electron chi connectivity index (χ2n) is 14.9. The number of imide groups is 3. The zero-order valence-corrected chi connectivity index (χ0v) is 29.8. The van der Waals surface area contributed by atoms with Gasteiger partial charge in [-0.3, -0.25) is 4.79 Å². The summed E-state index contributed by atoms with van der Waals surface area (Å²) in [6.45, 7) is 13.0. The van der Waals surface area contributed by atoms with Crippen LogP contribution in [0.25, 0.3) is 0 Å². The number of nitrogens with two attached hydrogens (primary N) is 2. The Hall–Kier alpha value is -2.04. The minimum atomic E-state index is -1.34. The topological polar surface area (TPSA) is 142 Å². The monoisotopic (exact) mass is 640 g/mol. The second kappa shape index (κ2) is 20.3. The Labute approximate surface area is 273 Å². The molecule has 1 saturated heterocycles. The van der Waals surface area contributed by atoms with Gasteiger partial charge >= 0.3 is 18.1 Å². The molecule has 1 aliphatic heterocycles. The number of ether oxygens (including phenoxy) is 2. The van der Waals surface area contributed by atoms with Crippen LogP contribution in [0.1, 0.15) is 158 Å². The zero-order chi connectivity index (χ0) is 34.1. The van der Waals surface area contributed by atoms with Gasteiger partial charge in [0, 0.05) is 13.0 Å². The fraction of sp³-hybridized carbons (Fsp3) is 0.886. The Morgan fingerprint density at radius 1 is 0.778 bits per heavy atom. The molecule has 2 atom stereocenters. The predicted molar refractivity (Wildman–Crippen MR) is 179 cm³/mol. The van der Waals surface area contributed by atoms with E-state index in [4.69, 9.17) is 20.9 Å². The van der Waals surface area contributed by atoms with Crippen molar-refractivity contribution in [1.82, 2.24) is 4.90 Å². The summed E-state index contributed by atoms with van der Waals surface area (Å²) in [5, 5.41) is 0. The van der Waals surface area contributed by atoms with Gasteiger partial charge in [0.1, 0.15) is 23.8 Å². The molecule has 2 unspecified atom stereocenters. The maximum Gasteiger partial charge on any atom is 0.535 e. The van der Waals surface area contributed by atoms with Gasteiger partial charge in [-0.15, -0.1) is 0 Å². The first-order valence-electron chi connectivity index (χ1n) is 17.7. The van der Waals surface area contributed by atoms with Crippen LogP contribution in [0.15, 0.2) is 0 Å². The molecule has 45 heavy (non-hydrogen) atoms. The van der Waals surface area contributed by atoms with E-state index < -0.39 is 45.9 Å². The molecule has 10 nitrogen and oxygen atoms in total. The van der Waals surface area contributed by atoms with Gasteiger partial charge in [0.25, 0.3) is 0 Å². The summed E-state index contributed by atoms with van der Waals surface area (Å²) < 4.78 is 10.1. The Morgan fingerprint density at radius 2 is 1.29 bits per heavy atom. The van der Waals surface area contributed by atoms with Gasteiger partial charge in [-0.05, 0) is 93.0 Å².